The van der Waals surface area contributed by atoms with Crippen LogP contribution in [0.1, 0.15) is 23.9 Å². The monoisotopic (exact) mass is 220 g/mol. The van der Waals surface area contributed by atoms with Crippen LogP contribution in [-0.4, -0.2) is 26.2 Å². The molecule has 86 valence electrons. The van der Waals surface area contributed by atoms with Crippen LogP contribution in [0.2, 0.25) is 0 Å². The quantitative estimate of drug-likeness (QED) is 0.796. The van der Waals surface area contributed by atoms with Gasteiger partial charge in [0.2, 0.25) is 0 Å². The van der Waals surface area contributed by atoms with E-state index in [1.165, 1.54) is 0 Å². The van der Waals surface area contributed by atoms with Crippen molar-refractivity contribution in [2.45, 2.75) is 19.4 Å². The smallest absolute Gasteiger partial charge is 0.160 e. The molecule has 1 unspecified atom stereocenters. The van der Waals surface area contributed by atoms with Gasteiger partial charge in [0.15, 0.2) is 5.65 Å². The maximum Gasteiger partial charge on any atom is 0.160 e. The molecule has 0 amide bonds. The molecular weight excluding hydrogens is 204 g/mol. The van der Waals surface area contributed by atoms with E-state index < -0.39 is 6.10 Å². The molecule has 0 aromatic carbocycles. The van der Waals surface area contributed by atoms with Crippen LogP contribution in [0, 0.1) is 6.92 Å². The number of pyridine rings is 1. The van der Waals surface area contributed by atoms with E-state index >= 15 is 0 Å². The van der Waals surface area contributed by atoms with Crippen molar-refractivity contribution < 1.29 is 5.11 Å². The van der Waals surface area contributed by atoms with Crippen LogP contribution in [0.15, 0.2) is 12.3 Å². The van der Waals surface area contributed by atoms with Gasteiger partial charge in [-0.2, -0.15) is 0 Å². The van der Waals surface area contributed by atoms with E-state index in [-0.39, 0.29) is 0 Å². The molecule has 0 aliphatic carbocycles. The normalized spacial score (nSPS) is 13.2. The Balaban J connectivity index is 2.58. The Hall–Kier alpha value is -1.46. The van der Waals surface area contributed by atoms with Crippen molar-refractivity contribution in [2.75, 3.05) is 6.54 Å². The molecule has 0 aliphatic rings. The second-order valence-electron chi connectivity index (χ2n) is 3.88. The molecule has 2 rings (SSSR count). The van der Waals surface area contributed by atoms with Gasteiger partial charge in [-0.05, 0) is 26.0 Å². The molecule has 0 saturated heterocycles. The zero-order valence-electron chi connectivity index (χ0n) is 9.51. The highest BCUT2D eigenvalue weighted by Gasteiger charge is 2.15. The number of nitrogens with two attached hydrogens (primary N) is 1. The molecule has 16 heavy (non-hydrogen) atoms. The first-order valence-electron chi connectivity index (χ1n) is 5.31. The summed E-state index contributed by atoms with van der Waals surface area (Å²) in [6, 6.07) is 1.80. The molecule has 0 spiro atoms. The maximum atomic E-state index is 9.96. The van der Waals surface area contributed by atoms with Gasteiger partial charge in [-0.25, -0.2) is 9.97 Å². The Kier molecular flexibility index (Phi) is 2.89. The third kappa shape index (κ3) is 1.68. The number of aliphatic hydroxyl groups excluding tert-OH is 1. The second kappa shape index (κ2) is 4.19. The first kappa shape index (κ1) is 11.0. The minimum Gasteiger partial charge on any atom is -0.388 e. The van der Waals surface area contributed by atoms with Gasteiger partial charge in [0.05, 0.1) is 6.10 Å². The van der Waals surface area contributed by atoms with Gasteiger partial charge >= 0.3 is 0 Å². The third-order valence-corrected chi connectivity index (χ3v) is 2.81. The van der Waals surface area contributed by atoms with Crippen LogP contribution in [0.4, 0.5) is 0 Å². The van der Waals surface area contributed by atoms with Crippen molar-refractivity contribution in [1.82, 2.24) is 14.5 Å². The van der Waals surface area contributed by atoms with E-state index in [9.17, 15) is 5.11 Å². The summed E-state index contributed by atoms with van der Waals surface area (Å²) in [5, 5.41) is 9.96. The van der Waals surface area contributed by atoms with Gasteiger partial charge in [-0.3, -0.25) is 0 Å². The molecule has 2 aromatic heterocycles. The third-order valence-electron chi connectivity index (χ3n) is 2.81. The number of fused-ring (bicyclic) bond motifs is 1. The lowest BCUT2D eigenvalue weighted by Crippen LogP contribution is -2.07. The highest BCUT2D eigenvalue weighted by molar-refractivity contribution is 5.75. The van der Waals surface area contributed by atoms with Crippen LogP contribution in [0.3, 0.4) is 0 Å². The zero-order chi connectivity index (χ0) is 11.7. The van der Waals surface area contributed by atoms with Crippen LogP contribution in [-0.2, 0) is 7.05 Å². The van der Waals surface area contributed by atoms with Crippen molar-refractivity contribution in [1.29, 1.82) is 0 Å². The van der Waals surface area contributed by atoms with Gasteiger partial charge in [-0.15, -0.1) is 0 Å². The lowest BCUT2D eigenvalue weighted by Gasteiger charge is -2.09. The lowest BCUT2D eigenvalue weighted by atomic mass is 10.1. The number of hydrogen-bond acceptors (Lipinski definition) is 4. The second-order valence-corrected chi connectivity index (χ2v) is 3.88. The number of aryl methyl sites for hydroxylation is 2. The van der Waals surface area contributed by atoms with Crippen molar-refractivity contribution in [3.63, 3.8) is 0 Å². The highest BCUT2D eigenvalue weighted by atomic mass is 16.3. The van der Waals surface area contributed by atoms with Gasteiger partial charge in [-0.1, -0.05) is 0 Å². The average Bonchev–Trinajstić information content (AvgIpc) is 2.55. The van der Waals surface area contributed by atoms with Gasteiger partial charge in [0.1, 0.15) is 11.3 Å². The van der Waals surface area contributed by atoms with Crippen molar-refractivity contribution in [3.8, 4) is 0 Å². The van der Waals surface area contributed by atoms with Crippen LogP contribution in [0.5, 0.6) is 0 Å². The van der Waals surface area contributed by atoms with Gasteiger partial charge < -0.3 is 15.4 Å². The Bertz CT molecular complexity index is 506. The van der Waals surface area contributed by atoms with E-state index in [1.807, 2.05) is 18.5 Å². The molecule has 0 fully saturated rings. The number of aromatic nitrogens is 3. The number of hydrogen-bond donors (Lipinski definition) is 2. The fourth-order valence-electron chi connectivity index (χ4n) is 1.79. The van der Waals surface area contributed by atoms with Crippen molar-refractivity contribution in [3.05, 3.63) is 23.7 Å². The van der Waals surface area contributed by atoms with Crippen LogP contribution < -0.4 is 5.73 Å². The molecule has 0 aliphatic heterocycles. The van der Waals surface area contributed by atoms with Gasteiger partial charge in [0.25, 0.3) is 0 Å². The Morgan fingerprint density at radius 3 is 3.00 bits per heavy atom. The van der Waals surface area contributed by atoms with Crippen LogP contribution in [0.25, 0.3) is 11.2 Å². The molecule has 2 heterocycles. The molecule has 3 N–H and O–H groups in total. The maximum absolute atomic E-state index is 9.96. The molecule has 5 heteroatoms. The lowest BCUT2D eigenvalue weighted by molar-refractivity contribution is 0.171. The number of aliphatic hydroxyl groups is 1. The number of imidazole rings is 1. The predicted molar refractivity (Wildman–Crippen MR) is 61.9 cm³/mol. The minimum atomic E-state index is -0.565. The molecule has 2 aromatic rings. The topological polar surface area (TPSA) is 77.0 Å². The molecule has 0 radical (unpaired) electrons. The summed E-state index contributed by atoms with van der Waals surface area (Å²) in [6.07, 6.45) is 1.66. The average molecular weight is 220 g/mol. The number of nitrogens with zero attached hydrogens (tertiary/aromatic N) is 3. The first-order valence-corrected chi connectivity index (χ1v) is 5.31. The first-order chi connectivity index (χ1) is 7.65. The fraction of sp³-hybridized carbons (Fsp3) is 0.455. The number of rotatable bonds is 3. The van der Waals surface area contributed by atoms with E-state index in [0.29, 0.717) is 13.0 Å². The molecule has 0 bridgehead atoms. The van der Waals surface area contributed by atoms with E-state index in [4.69, 9.17) is 5.73 Å². The summed E-state index contributed by atoms with van der Waals surface area (Å²) in [4.78, 5) is 8.68. The SMILES string of the molecule is Cc1nc2c(C(O)CCN)ccnc2n1C. The fourth-order valence-corrected chi connectivity index (χ4v) is 1.79. The zero-order valence-corrected chi connectivity index (χ0v) is 9.51. The Labute approximate surface area is 93.9 Å². The standard InChI is InChI=1S/C11H16N4O/c1-7-14-10-8(9(16)3-5-12)4-6-13-11(10)15(7)2/h4,6,9,16H,3,5,12H2,1-2H3. The molecular formula is C11H16N4O. The van der Waals surface area contributed by atoms with Crippen molar-refractivity contribution >= 4 is 11.2 Å². The molecule has 0 saturated carbocycles. The van der Waals surface area contributed by atoms with E-state index in [0.717, 1.165) is 22.6 Å². The highest BCUT2D eigenvalue weighted by Crippen LogP contribution is 2.24. The summed E-state index contributed by atoms with van der Waals surface area (Å²) in [5.74, 6) is 0.884. The minimum absolute atomic E-state index is 0.455. The van der Waals surface area contributed by atoms with Gasteiger partial charge in [0, 0.05) is 18.8 Å². The summed E-state index contributed by atoms with van der Waals surface area (Å²) in [5.41, 5.74) is 7.81. The van der Waals surface area contributed by atoms with Crippen molar-refractivity contribution in [2.24, 2.45) is 12.8 Å². The summed E-state index contributed by atoms with van der Waals surface area (Å²) in [6.45, 7) is 2.37. The van der Waals surface area contributed by atoms with Crippen LogP contribution >= 0.6 is 0 Å². The summed E-state index contributed by atoms with van der Waals surface area (Å²) >= 11 is 0. The summed E-state index contributed by atoms with van der Waals surface area (Å²) < 4.78 is 1.91. The van der Waals surface area contributed by atoms with E-state index in [1.54, 1.807) is 12.3 Å². The molecule has 1 atom stereocenters. The largest absolute Gasteiger partial charge is 0.388 e. The Morgan fingerprint density at radius 2 is 2.31 bits per heavy atom. The molecule has 5 nitrogen and oxygen atoms in total. The Morgan fingerprint density at radius 1 is 1.56 bits per heavy atom. The summed E-state index contributed by atoms with van der Waals surface area (Å²) in [7, 11) is 1.91. The predicted octanol–water partition coefficient (Wildman–Crippen LogP) is 0.659. The van der Waals surface area contributed by atoms with E-state index in [2.05, 4.69) is 9.97 Å².